The van der Waals surface area contributed by atoms with E-state index in [1.54, 1.807) is 16.9 Å². The van der Waals surface area contributed by atoms with E-state index in [1.807, 2.05) is 23.1 Å². The third-order valence-electron chi connectivity index (χ3n) is 2.39. The van der Waals surface area contributed by atoms with E-state index >= 15 is 0 Å². The van der Waals surface area contributed by atoms with Crippen molar-refractivity contribution in [2.24, 2.45) is 0 Å². The molecule has 0 saturated carbocycles. The molecule has 2 aromatic rings. The third kappa shape index (κ3) is 1.98. The molecule has 0 spiro atoms. The van der Waals surface area contributed by atoms with Crippen molar-refractivity contribution in [1.29, 1.82) is 0 Å². The van der Waals surface area contributed by atoms with Gasteiger partial charge in [-0.1, -0.05) is 0 Å². The fourth-order valence-corrected chi connectivity index (χ4v) is 2.31. The molecule has 0 saturated heterocycles. The zero-order valence-corrected chi connectivity index (χ0v) is 11.4. The van der Waals surface area contributed by atoms with Crippen molar-refractivity contribution in [3.05, 3.63) is 35.8 Å². The predicted octanol–water partition coefficient (Wildman–Crippen LogP) is 0.397. The van der Waals surface area contributed by atoms with Gasteiger partial charge in [0.1, 0.15) is 0 Å². The summed E-state index contributed by atoms with van der Waals surface area (Å²) in [4.78, 5) is 4.14. The first kappa shape index (κ1) is 10.4. The number of hydrogen-bond donors (Lipinski definition) is 0. The number of hydrogen-bond acceptors (Lipinski definition) is 2. The standard InChI is InChI=1S/C11H14AsN3/c1-3-9-6-11(12)15(14-9)10-7-13-5-4-8(10)2/h4-7H,3,12H2,1-2H3. The van der Waals surface area contributed by atoms with Crippen molar-refractivity contribution in [2.45, 2.75) is 20.3 Å². The molecule has 0 aromatic carbocycles. The minimum absolute atomic E-state index is 0.975. The van der Waals surface area contributed by atoms with Crippen molar-refractivity contribution < 1.29 is 0 Å². The van der Waals surface area contributed by atoms with Crippen molar-refractivity contribution >= 4 is 21.3 Å². The summed E-state index contributed by atoms with van der Waals surface area (Å²) in [7, 11) is 0. The molecule has 0 aliphatic rings. The second-order valence-corrected chi connectivity index (χ2v) is 4.73. The topological polar surface area (TPSA) is 30.7 Å². The molecule has 2 rings (SSSR count). The average molecular weight is 263 g/mol. The van der Waals surface area contributed by atoms with Gasteiger partial charge in [-0.05, 0) is 0 Å². The summed E-state index contributed by atoms with van der Waals surface area (Å²) in [6, 6.07) is 4.15. The van der Waals surface area contributed by atoms with Gasteiger partial charge >= 0.3 is 97.8 Å². The second-order valence-electron chi connectivity index (χ2n) is 3.49. The molecule has 0 aliphatic heterocycles. The summed E-state index contributed by atoms with van der Waals surface area (Å²) in [5.74, 6) is 0. The molecule has 0 fully saturated rings. The van der Waals surface area contributed by atoms with Crippen LogP contribution in [0, 0.1) is 6.92 Å². The van der Waals surface area contributed by atoms with Crippen molar-refractivity contribution in [3.63, 3.8) is 0 Å². The summed E-state index contributed by atoms with van der Waals surface area (Å²) in [5.41, 5.74) is 3.42. The molecular weight excluding hydrogens is 249 g/mol. The Labute approximate surface area is 98.0 Å². The number of rotatable bonds is 2. The number of nitrogens with zero attached hydrogens (tertiary/aromatic N) is 3. The fraction of sp³-hybridized carbons (Fsp3) is 0.273. The molecular formula is C11H14AsN3. The Balaban J connectivity index is 2.54. The Hall–Kier alpha value is -1.08. The SMILES string of the molecule is CCc1cc([AsH2])n(-c2cnccc2C)n1. The summed E-state index contributed by atoms with van der Waals surface area (Å²) >= 11 is 1.59. The van der Waals surface area contributed by atoms with E-state index in [-0.39, 0.29) is 0 Å². The van der Waals surface area contributed by atoms with Crippen molar-refractivity contribution in [2.75, 3.05) is 0 Å². The molecule has 15 heavy (non-hydrogen) atoms. The maximum atomic E-state index is 4.55. The molecule has 0 radical (unpaired) electrons. The molecule has 0 amide bonds. The van der Waals surface area contributed by atoms with E-state index < -0.39 is 0 Å². The number of aryl methyl sites for hydroxylation is 2. The minimum atomic E-state index is 0.975. The van der Waals surface area contributed by atoms with Crippen LogP contribution in [0.5, 0.6) is 0 Å². The van der Waals surface area contributed by atoms with Crippen LogP contribution in [0.25, 0.3) is 5.69 Å². The first-order chi connectivity index (χ1) is 7.22. The monoisotopic (exact) mass is 263 g/mol. The van der Waals surface area contributed by atoms with Crippen LogP contribution in [0.15, 0.2) is 24.5 Å². The van der Waals surface area contributed by atoms with Gasteiger partial charge in [0.05, 0.1) is 0 Å². The van der Waals surface area contributed by atoms with Gasteiger partial charge in [-0.3, -0.25) is 0 Å². The van der Waals surface area contributed by atoms with E-state index in [4.69, 9.17) is 0 Å². The van der Waals surface area contributed by atoms with Crippen LogP contribution in [0.2, 0.25) is 0 Å². The van der Waals surface area contributed by atoms with E-state index in [9.17, 15) is 0 Å². The zero-order valence-electron chi connectivity index (χ0n) is 8.94. The Morgan fingerprint density at radius 2 is 2.27 bits per heavy atom. The summed E-state index contributed by atoms with van der Waals surface area (Å²) in [6.45, 7) is 4.20. The molecule has 0 N–H and O–H groups in total. The van der Waals surface area contributed by atoms with Crippen molar-refractivity contribution in [1.82, 2.24) is 14.8 Å². The van der Waals surface area contributed by atoms with Crippen LogP contribution in [-0.2, 0) is 6.42 Å². The Morgan fingerprint density at radius 1 is 1.47 bits per heavy atom. The van der Waals surface area contributed by atoms with Gasteiger partial charge in [-0.25, -0.2) is 0 Å². The summed E-state index contributed by atoms with van der Waals surface area (Å²) in [6.07, 6.45) is 4.65. The van der Waals surface area contributed by atoms with Crippen LogP contribution in [0.1, 0.15) is 18.2 Å². The van der Waals surface area contributed by atoms with E-state index in [0.717, 1.165) is 17.8 Å². The van der Waals surface area contributed by atoms with Crippen LogP contribution >= 0.6 is 0 Å². The van der Waals surface area contributed by atoms with E-state index in [0.29, 0.717) is 0 Å². The molecule has 3 nitrogen and oxygen atoms in total. The van der Waals surface area contributed by atoms with Crippen LogP contribution in [-0.4, -0.2) is 31.6 Å². The maximum absolute atomic E-state index is 4.55. The van der Waals surface area contributed by atoms with Crippen LogP contribution in [0.4, 0.5) is 0 Å². The molecule has 0 aliphatic carbocycles. The zero-order chi connectivity index (χ0) is 10.8. The Bertz CT molecular complexity index is 476. The number of aromatic nitrogens is 3. The van der Waals surface area contributed by atoms with Gasteiger partial charge in [-0.2, -0.15) is 0 Å². The second kappa shape index (κ2) is 4.19. The Morgan fingerprint density at radius 3 is 2.87 bits per heavy atom. The molecule has 2 aromatic heterocycles. The van der Waals surface area contributed by atoms with Gasteiger partial charge in [0, 0.05) is 0 Å². The quantitative estimate of drug-likeness (QED) is 0.734. The fourth-order valence-electron chi connectivity index (χ4n) is 1.49. The van der Waals surface area contributed by atoms with Gasteiger partial charge in [0.15, 0.2) is 0 Å². The van der Waals surface area contributed by atoms with E-state index in [2.05, 4.69) is 30.0 Å². The molecule has 4 heteroatoms. The normalized spacial score (nSPS) is 10.6. The molecule has 1 atom stereocenters. The predicted molar refractivity (Wildman–Crippen MR) is 63.7 cm³/mol. The number of pyridine rings is 1. The van der Waals surface area contributed by atoms with Gasteiger partial charge in [0.25, 0.3) is 0 Å². The first-order valence-corrected chi connectivity index (χ1v) is 6.19. The average Bonchev–Trinajstić information content (AvgIpc) is 2.60. The van der Waals surface area contributed by atoms with Crippen LogP contribution < -0.4 is 4.48 Å². The van der Waals surface area contributed by atoms with E-state index in [1.165, 1.54) is 10.0 Å². The van der Waals surface area contributed by atoms with Gasteiger partial charge in [0.2, 0.25) is 0 Å². The molecule has 2 heterocycles. The molecule has 78 valence electrons. The summed E-state index contributed by atoms with van der Waals surface area (Å²) < 4.78 is 3.21. The molecule has 1 unspecified atom stereocenters. The summed E-state index contributed by atoms with van der Waals surface area (Å²) in [5, 5.41) is 4.55. The molecule has 0 bridgehead atoms. The first-order valence-electron chi connectivity index (χ1n) is 4.97. The van der Waals surface area contributed by atoms with Gasteiger partial charge in [-0.15, -0.1) is 0 Å². The van der Waals surface area contributed by atoms with Crippen molar-refractivity contribution in [3.8, 4) is 5.69 Å². The third-order valence-corrected chi connectivity index (χ3v) is 3.25. The van der Waals surface area contributed by atoms with Gasteiger partial charge < -0.3 is 0 Å². The van der Waals surface area contributed by atoms with Crippen LogP contribution in [0.3, 0.4) is 0 Å². The Kier molecular flexibility index (Phi) is 2.92.